The van der Waals surface area contributed by atoms with Gasteiger partial charge in [-0.1, -0.05) is 0 Å². The third-order valence-corrected chi connectivity index (χ3v) is 1.89. The van der Waals surface area contributed by atoms with Gasteiger partial charge in [-0.3, -0.25) is 4.79 Å². The lowest BCUT2D eigenvalue weighted by Crippen LogP contribution is -2.19. The topological polar surface area (TPSA) is 65.7 Å². The third kappa shape index (κ3) is 1.90. The van der Waals surface area contributed by atoms with Gasteiger partial charge in [0.2, 0.25) is 11.2 Å². The zero-order chi connectivity index (χ0) is 10.8. The Morgan fingerprint density at radius 3 is 2.80 bits per heavy atom. The van der Waals surface area contributed by atoms with Crippen LogP contribution in [0, 0.1) is 0 Å². The van der Waals surface area contributed by atoms with E-state index in [0.29, 0.717) is 5.57 Å². The van der Waals surface area contributed by atoms with Crippen LogP contribution in [0.25, 0.3) is 0 Å². The first-order valence-electron chi connectivity index (χ1n) is 4.29. The molecule has 2 heterocycles. The van der Waals surface area contributed by atoms with Crippen molar-refractivity contribution < 1.29 is 18.7 Å². The molecular formula is C10H8O5. The quantitative estimate of drug-likeness (QED) is 0.674. The van der Waals surface area contributed by atoms with Crippen LogP contribution in [0.4, 0.5) is 0 Å². The zero-order valence-corrected chi connectivity index (χ0v) is 7.93. The third-order valence-electron chi connectivity index (χ3n) is 1.89. The molecule has 15 heavy (non-hydrogen) atoms. The lowest BCUT2D eigenvalue weighted by atomic mass is 10.3. The molecule has 2 rings (SSSR count). The summed E-state index contributed by atoms with van der Waals surface area (Å²) in [5.74, 6) is -0.429. The Morgan fingerprint density at radius 2 is 2.20 bits per heavy atom. The van der Waals surface area contributed by atoms with Crippen molar-refractivity contribution in [2.75, 3.05) is 0 Å². The largest absolute Gasteiger partial charge is 0.468 e. The van der Waals surface area contributed by atoms with Gasteiger partial charge >= 0.3 is 5.97 Å². The number of hydrogen-bond donors (Lipinski definition) is 0. The molecule has 5 heteroatoms. The van der Waals surface area contributed by atoms with Crippen molar-refractivity contribution in [2.45, 2.75) is 13.2 Å². The van der Waals surface area contributed by atoms with E-state index in [0.717, 1.165) is 6.26 Å². The van der Waals surface area contributed by atoms with E-state index in [4.69, 9.17) is 13.9 Å². The average molecular weight is 208 g/mol. The lowest BCUT2D eigenvalue weighted by Gasteiger charge is -2.09. The minimum absolute atomic E-state index is 0.0150. The lowest BCUT2D eigenvalue weighted by molar-refractivity contribution is -0.148. The molecule has 0 spiro atoms. The summed E-state index contributed by atoms with van der Waals surface area (Å²) in [6, 6.07) is 1.22. The highest BCUT2D eigenvalue weighted by atomic mass is 16.7. The van der Waals surface area contributed by atoms with Crippen LogP contribution in [0.1, 0.15) is 6.92 Å². The van der Waals surface area contributed by atoms with Gasteiger partial charge in [0, 0.05) is 17.7 Å². The van der Waals surface area contributed by atoms with E-state index in [-0.39, 0.29) is 11.2 Å². The maximum absolute atomic E-state index is 11.2. The molecule has 0 N–H and O–H groups in total. The normalized spacial score (nSPS) is 19.7. The number of hydrogen-bond acceptors (Lipinski definition) is 5. The summed E-state index contributed by atoms with van der Waals surface area (Å²) in [6.45, 7) is 1.61. The first-order valence-corrected chi connectivity index (χ1v) is 4.29. The van der Waals surface area contributed by atoms with Gasteiger partial charge in [0.15, 0.2) is 0 Å². The van der Waals surface area contributed by atoms with E-state index in [9.17, 15) is 9.59 Å². The number of cyclic esters (lactones) is 1. The molecule has 0 saturated carbocycles. The van der Waals surface area contributed by atoms with Crippen molar-refractivity contribution >= 4 is 5.97 Å². The van der Waals surface area contributed by atoms with Crippen LogP contribution in [-0.4, -0.2) is 12.3 Å². The molecule has 0 aromatic carbocycles. The fourth-order valence-electron chi connectivity index (χ4n) is 1.12. The van der Waals surface area contributed by atoms with Gasteiger partial charge in [-0.2, -0.15) is 0 Å². The summed E-state index contributed by atoms with van der Waals surface area (Å²) < 4.78 is 14.7. The van der Waals surface area contributed by atoms with Crippen molar-refractivity contribution in [3.05, 3.63) is 40.5 Å². The Kier molecular flexibility index (Phi) is 2.29. The van der Waals surface area contributed by atoms with Crippen LogP contribution in [0.5, 0.6) is 5.75 Å². The van der Waals surface area contributed by atoms with Crippen molar-refractivity contribution in [2.24, 2.45) is 0 Å². The summed E-state index contributed by atoms with van der Waals surface area (Å²) in [5, 5.41) is 0. The van der Waals surface area contributed by atoms with Crippen molar-refractivity contribution in [1.29, 1.82) is 0 Å². The molecule has 1 aromatic rings. The van der Waals surface area contributed by atoms with Gasteiger partial charge in [-0.25, -0.2) is 4.79 Å². The first-order chi connectivity index (χ1) is 7.16. The summed E-state index contributed by atoms with van der Waals surface area (Å²) in [7, 11) is 0. The second-order valence-electron chi connectivity index (χ2n) is 3.03. The summed E-state index contributed by atoms with van der Waals surface area (Å²) in [6.07, 6.45) is 3.06. The standard InChI is InChI=1S/C10H8O5/c1-6-4-9(15-10(6)12)14-8-5-13-3-2-7(8)11/h2-5,9H,1H3. The Morgan fingerprint density at radius 1 is 1.40 bits per heavy atom. The van der Waals surface area contributed by atoms with Crippen LogP contribution in [-0.2, 0) is 9.53 Å². The van der Waals surface area contributed by atoms with Gasteiger partial charge in [0.05, 0.1) is 6.26 Å². The van der Waals surface area contributed by atoms with Gasteiger partial charge in [0.1, 0.15) is 6.26 Å². The Bertz CT molecular complexity index is 471. The second kappa shape index (κ2) is 3.61. The van der Waals surface area contributed by atoms with E-state index in [1.165, 1.54) is 18.4 Å². The number of esters is 1. The fraction of sp³-hybridized carbons (Fsp3) is 0.200. The Labute approximate surface area is 84.9 Å². The van der Waals surface area contributed by atoms with Crippen LogP contribution >= 0.6 is 0 Å². The minimum Gasteiger partial charge on any atom is -0.468 e. The van der Waals surface area contributed by atoms with E-state index in [1.54, 1.807) is 6.92 Å². The molecule has 1 aliphatic heterocycles. The molecule has 5 nitrogen and oxygen atoms in total. The fourth-order valence-corrected chi connectivity index (χ4v) is 1.12. The highest BCUT2D eigenvalue weighted by Crippen LogP contribution is 2.15. The number of carbonyl (C=O) groups is 1. The predicted molar refractivity (Wildman–Crippen MR) is 49.2 cm³/mol. The van der Waals surface area contributed by atoms with E-state index in [1.807, 2.05) is 0 Å². The van der Waals surface area contributed by atoms with Crippen molar-refractivity contribution in [3.63, 3.8) is 0 Å². The predicted octanol–water partition coefficient (Wildman–Crippen LogP) is 0.848. The molecule has 0 radical (unpaired) electrons. The summed E-state index contributed by atoms with van der Waals surface area (Å²) in [5.41, 5.74) is 0.135. The Hall–Kier alpha value is -2.04. The van der Waals surface area contributed by atoms with Gasteiger partial charge < -0.3 is 13.9 Å². The SMILES string of the molecule is CC1=CC(Oc2coccc2=O)OC1=O. The smallest absolute Gasteiger partial charge is 0.336 e. The minimum atomic E-state index is -0.845. The maximum Gasteiger partial charge on any atom is 0.336 e. The molecule has 1 unspecified atom stereocenters. The van der Waals surface area contributed by atoms with Gasteiger partial charge in [0.25, 0.3) is 6.29 Å². The van der Waals surface area contributed by atoms with E-state index < -0.39 is 12.3 Å². The van der Waals surface area contributed by atoms with Crippen molar-refractivity contribution in [1.82, 2.24) is 0 Å². The molecule has 78 valence electrons. The highest BCUT2D eigenvalue weighted by molar-refractivity contribution is 5.89. The summed E-state index contributed by atoms with van der Waals surface area (Å²) >= 11 is 0. The number of carbonyl (C=O) groups excluding carboxylic acids is 1. The molecule has 0 bridgehead atoms. The molecule has 0 aliphatic carbocycles. The van der Waals surface area contributed by atoms with Crippen molar-refractivity contribution in [3.8, 4) is 5.75 Å². The average Bonchev–Trinajstić information content (AvgIpc) is 2.50. The Balaban J connectivity index is 2.15. The second-order valence-corrected chi connectivity index (χ2v) is 3.03. The van der Waals surface area contributed by atoms with Crippen LogP contribution in [0.15, 0.2) is 39.5 Å². The molecule has 0 saturated heterocycles. The number of ether oxygens (including phenoxy) is 2. The van der Waals surface area contributed by atoms with Gasteiger partial charge in [-0.15, -0.1) is 0 Å². The first kappa shape index (κ1) is 9.51. The van der Waals surface area contributed by atoms with Crippen LogP contribution < -0.4 is 10.2 Å². The molecular weight excluding hydrogens is 200 g/mol. The number of rotatable bonds is 2. The summed E-state index contributed by atoms with van der Waals surface area (Å²) in [4.78, 5) is 22.2. The van der Waals surface area contributed by atoms with Gasteiger partial charge in [-0.05, 0) is 6.92 Å². The maximum atomic E-state index is 11.2. The van der Waals surface area contributed by atoms with E-state index >= 15 is 0 Å². The molecule has 1 aromatic heterocycles. The van der Waals surface area contributed by atoms with Crippen LogP contribution in [0.2, 0.25) is 0 Å². The molecule has 0 fully saturated rings. The molecule has 1 aliphatic rings. The molecule has 0 amide bonds. The van der Waals surface area contributed by atoms with Crippen LogP contribution in [0.3, 0.4) is 0 Å². The van der Waals surface area contributed by atoms with E-state index in [2.05, 4.69) is 0 Å². The highest BCUT2D eigenvalue weighted by Gasteiger charge is 2.24. The monoisotopic (exact) mass is 208 g/mol. The zero-order valence-electron chi connectivity index (χ0n) is 7.93. The molecule has 1 atom stereocenters.